The van der Waals surface area contributed by atoms with E-state index in [1.165, 1.54) is 18.1 Å². The summed E-state index contributed by atoms with van der Waals surface area (Å²) in [6.45, 7) is 0.284. The molecule has 1 aliphatic rings. The number of methoxy groups -OCH3 is 3. The molecule has 0 aromatic heterocycles. The molecule has 1 unspecified atom stereocenters. The number of hydrogen-bond acceptors (Lipinski definition) is 4. The molecule has 4 rings (SSSR count). The van der Waals surface area contributed by atoms with Crippen LogP contribution in [0.2, 0.25) is 0 Å². The zero-order valence-corrected chi connectivity index (χ0v) is 18.0. The molecule has 0 bridgehead atoms. The minimum atomic E-state index is -0.887. The third kappa shape index (κ3) is 3.75. The van der Waals surface area contributed by atoms with Crippen LogP contribution in [0.25, 0.3) is 0 Å². The van der Waals surface area contributed by atoms with E-state index in [9.17, 15) is 13.6 Å². The highest BCUT2D eigenvalue weighted by molar-refractivity contribution is 5.95. The molecule has 3 aromatic rings. The van der Waals surface area contributed by atoms with Crippen LogP contribution >= 0.6 is 0 Å². The van der Waals surface area contributed by atoms with Gasteiger partial charge in [-0.1, -0.05) is 18.2 Å². The first-order valence-corrected chi connectivity index (χ1v) is 10.1. The van der Waals surface area contributed by atoms with E-state index in [1.807, 2.05) is 24.3 Å². The van der Waals surface area contributed by atoms with E-state index in [2.05, 4.69) is 0 Å². The fourth-order valence-electron chi connectivity index (χ4n) is 4.16. The standard InChI is InChI=1S/C25H23F2NO4/c1-30-17-9-7-15(8-10-17)24-18-14-22(32-3)21(31-2)13-16(18)11-12-28(24)25(29)23-19(26)5-4-6-20(23)27/h4-10,13-14,24H,11-12H2,1-3H3. The van der Waals surface area contributed by atoms with Gasteiger partial charge in [-0.15, -0.1) is 0 Å². The SMILES string of the molecule is COc1ccc(C2c3cc(OC)c(OC)cc3CCN2C(=O)c2c(F)cccc2F)cc1. The van der Waals surface area contributed by atoms with Crippen molar-refractivity contribution in [2.45, 2.75) is 12.5 Å². The topological polar surface area (TPSA) is 48.0 Å². The quantitative estimate of drug-likeness (QED) is 0.574. The number of halogens is 2. The lowest BCUT2D eigenvalue weighted by atomic mass is 9.87. The van der Waals surface area contributed by atoms with Crippen LogP contribution in [-0.4, -0.2) is 38.7 Å². The van der Waals surface area contributed by atoms with Gasteiger partial charge >= 0.3 is 0 Å². The van der Waals surface area contributed by atoms with Gasteiger partial charge in [0.25, 0.3) is 5.91 Å². The summed E-state index contributed by atoms with van der Waals surface area (Å²) in [5.74, 6) is -0.726. The van der Waals surface area contributed by atoms with Gasteiger partial charge in [0, 0.05) is 6.54 Å². The van der Waals surface area contributed by atoms with Crippen LogP contribution in [-0.2, 0) is 6.42 Å². The Hall–Kier alpha value is -3.61. The lowest BCUT2D eigenvalue weighted by Crippen LogP contribution is -2.41. The Labute approximate surface area is 185 Å². The Kier molecular flexibility index (Phi) is 5.99. The smallest absolute Gasteiger partial charge is 0.260 e. The average molecular weight is 439 g/mol. The van der Waals surface area contributed by atoms with Gasteiger partial charge in [0.1, 0.15) is 22.9 Å². The summed E-state index contributed by atoms with van der Waals surface area (Å²) in [7, 11) is 4.66. The molecular weight excluding hydrogens is 416 g/mol. The van der Waals surface area contributed by atoms with Crippen molar-refractivity contribution < 1.29 is 27.8 Å². The maximum absolute atomic E-state index is 14.5. The van der Waals surface area contributed by atoms with E-state index in [-0.39, 0.29) is 6.54 Å². The van der Waals surface area contributed by atoms with Crippen molar-refractivity contribution in [3.63, 3.8) is 0 Å². The average Bonchev–Trinajstić information content (AvgIpc) is 2.82. The predicted octanol–water partition coefficient (Wildman–Crippen LogP) is 4.78. The zero-order chi connectivity index (χ0) is 22.8. The molecule has 1 amide bonds. The number of carbonyl (C=O) groups excluding carboxylic acids is 1. The van der Waals surface area contributed by atoms with Crippen LogP contribution in [0.3, 0.4) is 0 Å². The van der Waals surface area contributed by atoms with Gasteiger partial charge < -0.3 is 19.1 Å². The molecule has 1 heterocycles. The molecule has 1 atom stereocenters. The van der Waals surface area contributed by atoms with Gasteiger partial charge in [0.2, 0.25) is 0 Å². The molecule has 7 heteroatoms. The number of rotatable bonds is 5. The van der Waals surface area contributed by atoms with Crippen LogP contribution in [0, 0.1) is 11.6 Å². The van der Waals surface area contributed by atoms with Gasteiger partial charge in [0.15, 0.2) is 11.5 Å². The number of fused-ring (bicyclic) bond motifs is 1. The Morgan fingerprint density at radius 2 is 1.53 bits per heavy atom. The number of carbonyl (C=O) groups is 1. The first kappa shape index (κ1) is 21.6. The normalized spacial score (nSPS) is 15.2. The molecule has 0 spiro atoms. The van der Waals surface area contributed by atoms with Crippen LogP contribution < -0.4 is 14.2 Å². The number of nitrogens with zero attached hydrogens (tertiary/aromatic N) is 1. The molecule has 0 N–H and O–H groups in total. The molecule has 166 valence electrons. The Balaban J connectivity index is 1.87. The van der Waals surface area contributed by atoms with Crippen molar-refractivity contribution in [2.24, 2.45) is 0 Å². The Morgan fingerprint density at radius 1 is 0.906 bits per heavy atom. The van der Waals surface area contributed by atoms with Crippen LogP contribution in [0.4, 0.5) is 8.78 Å². The van der Waals surface area contributed by atoms with Crippen molar-refractivity contribution in [3.8, 4) is 17.2 Å². The summed E-state index contributed by atoms with van der Waals surface area (Å²) in [4.78, 5) is 14.9. The minimum Gasteiger partial charge on any atom is -0.497 e. The number of ether oxygens (including phenoxy) is 3. The molecule has 0 saturated carbocycles. The highest BCUT2D eigenvalue weighted by atomic mass is 19.1. The molecule has 1 aliphatic heterocycles. The summed E-state index contributed by atoms with van der Waals surface area (Å²) >= 11 is 0. The van der Waals surface area contributed by atoms with Crippen molar-refractivity contribution in [3.05, 3.63) is 88.5 Å². The summed E-state index contributed by atoms with van der Waals surface area (Å²) in [6, 6.07) is 13.8. The van der Waals surface area contributed by atoms with Crippen molar-refractivity contribution in [1.29, 1.82) is 0 Å². The minimum absolute atomic E-state index is 0.284. The second kappa shape index (κ2) is 8.86. The van der Waals surface area contributed by atoms with Gasteiger partial charge in [-0.3, -0.25) is 4.79 Å². The lowest BCUT2D eigenvalue weighted by molar-refractivity contribution is 0.0684. The predicted molar refractivity (Wildman–Crippen MR) is 115 cm³/mol. The third-order valence-corrected chi connectivity index (χ3v) is 5.74. The summed E-state index contributed by atoms with van der Waals surface area (Å²) in [5.41, 5.74) is 2.00. The van der Waals surface area contributed by atoms with E-state index < -0.39 is 29.1 Å². The highest BCUT2D eigenvalue weighted by Crippen LogP contribution is 2.42. The van der Waals surface area contributed by atoms with E-state index in [4.69, 9.17) is 14.2 Å². The van der Waals surface area contributed by atoms with Gasteiger partial charge in [-0.25, -0.2) is 8.78 Å². The van der Waals surface area contributed by atoms with Crippen LogP contribution in [0.5, 0.6) is 17.2 Å². The maximum Gasteiger partial charge on any atom is 0.260 e. The van der Waals surface area contributed by atoms with Crippen molar-refractivity contribution in [2.75, 3.05) is 27.9 Å². The Morgan fingerprint density at radius 3 is 2.12 bits per heavy atom. The summed E-state index contributed by atoms with van der Waals surface area (Å²) in [6.07, 6.45) is 0.504. The molecule has 0 radical (unpaired) electrons. The van der Waals surface area contributed by atoms with Crippen molar-refractivity contribution in [1.82, 2.24) is 4.90 Å². The zero-order valence-electron chi connectivity index (χ0n) is 18.0. The van der Waals surface area contributed by atoms with Gasteiger partial charge in [0.05, 0.1) is 27.4 Å². The second-order valence-corrected chi connectivity index (χ2v) is 7.43. The molecule has 0 saturated heterocycles. The first-order valence-electron chi connectivity index (χ1n) is 10.1. The largest absolute Gasteiger partial charge is 0.497 e. The highest BCUT2D eigenvalue weighted by Gasteiger charge is 2.35. The number of benzene rings is 3. The van der Waals surface area contributed by atoms with Gasteiger partial charge in [-0.2, -0.15) is 0 Å². The van der Waals surface area contributed by atoms with E-state index in [0.29, 0.717) is 23.7 Å². The monoisotopic (exact) mass is 439 g/mol. The first-order chi connectivity index (χ1) is 15.5. The number of amides is 1. The Bertz CT molecular complexity index is 1130. The maximum atomic E-state index is 14.5. The van der Waals surface area contributed by atoms with E-state index >= 15 is 0 Å². The van der Waals surface area contributed by atoms with Crippen molar-refractivity contribution >= 4 is 5.91 Å². The molecule has 32 heavy (non-hydrogen) atoms. The number of hydrogen-bond donors (Lipinski definition) is 0. The lowest BCUT2D eigenvalue weighted by Gasteiger charge is -2.38. The molecular formula is C25H23F2NO4. The van der Waals surface area contributed by atoms with E-state index in [1.54, 1.807) is 26.4 Å². The van der Waals surface area contributed by atoms with Crippen LogP contribution in [0.1, 0.15) is 33.1 Å². The summed E-state index contributed by atoms with van der Waals surface area (Å²) in [5, 5.41) is 0. The fraction of sp³-hybridized carbons (Fsp3) is 0.240. The summed E-state index contributed by atoms with van der Waals surface area (Å²) < 4.78 is 45.1. The molecule has 5 nitrogen and oxygen atoms in total. The van der Waals surface area contributed by atoms with Gasteiger partial charge in [-0.05, 0) is 59.5 Å². The molecule has 3 aromatic carbocycles. The third-order valence-electron chi connectivity index (χ3n) is 5.74. The fourth-order valence-corrected chi connectivity index (χ4v) is 4.16. The molecule has 0 fully saturated rings. The van der Waals surface area contributed by atoms with E-state index in [0.717, 1.165) is 28.8 Å². The van der Waals surface area contributed by atoms with Crippen LogP contribution in [0.15, 0.2) is 54.6 Å². The molecule has 0 aliphatic carbocycles. The second-order valence-electron chi connectivity index (χ2n) is 7.43.